The van der Waals surface area contributed by atoms with E-state index in [0.717, 1.165) is 39.1 Å². The van der Waals surface area contributed by atoms with Gasteiger partial charge in [-0.2, -0.15) is 0 Å². The van der Waals surface area contributed by atoms with E-state index in [2.05, 4.69) is 5.32 Å². The molecule has 1 unspecified atom stereocenters. The zero-order valence-corrected chi connectivity index (χ0v) is 10.8. The minimum absolute atomic E-state index is 0.0741. The van der Waals surface area contributed by atoms with Crippen molar-refractivity contribution in [2.24, 2.45) is 5.92 Å². The van der Waals surface area contributed by atoms with Gasteiger partial charge in [-0.05, 0) is 38.1 Å². The fraction of sp³-hybridized carbons (Fsp3) is 0.923. The van der Waals surface area contributed by atoms with Gasteiger partial charge < -0.3 is 15.0 Å². The zero-order valence-electron chi connectivity index (χ0n) is 10.8. The van der Waals surface area contributed by atoms with Crippen molar-refractivity contribution < 1.29 is 9.53 Å². The Bertz CT molecular complexity index is 250. The lowest BCUT2D eigenvalue weighted by Crippen LogP contribution is -2.51. The smallest absolute Gasteiger partial charge is 0.239 e. The zero-order chi connectivity index (χ0) is 12.1. The highest BCUT2D eigenvalue weighted by Crippen LogP contribution is 2.19. The van der Waals surface area contributed by atoms with Crippen LogP contribution in [0.3, 0.4) is 0 Å². The number of nitrogens with one attached hydrogen (secondary N) is 1. The van der Waals surface area contributed by atoms with E-state index in [0.29, 0.717) is 11.8 Å². The second kappa shape index (κ2) is 6.36. The maximum Gasteiger partial charge on any atom is 0.239 e. The topological polar surface area (TPSA) is 41.6 Å². The first kappa shape index (κ1) is 12.8. The van der Waals surface area contributed by atoms with Crippen molar-refractivity contribution in [2.45, 2.75) is 38.1 Å². The highest BCUT2D eigenvalue weighted by molar-refractivity contribution is 5.82. The number of likely N-dealkylation sites (tertiary alicyclic amines) is 1. The molecule has 2 saturated heterocycles. The average molecular weight is 240 g/mol. The van der Waals surface area contributed by atoms with E-state index in [9.17, 15) is 4.79 Å². The SMILES string of the molecule is COCC1CCCN(C(=O)[C@H]2CCCCN2)C1. The minimum Gasteiger partial charge on any atom is -0.384 e. The van der Waals surface area contributed by atoms with Crippen LogP contribution in [0.2, 0.25) is 0 Å². The Morgan fingerprint density at radius 3 is 2.94 bits per heavy atom. The van der Waals surface area contributed by atoms with E-state index in [1.54, 1.807) is 7.11 Å². The molecule has 1 amide bonds. The van der Waals surface area contributed by atoms with E-state index in [1.165, 1.54) is 19.3 Å². The maximum atomic E-state index is 12.3. The molecule has 0 aromatic rings. The number of nitrogens with zero attached hydrogens (tertiary/aromatic N) is 1. The summed E-state index contributed by atoms with van der Waals surface area (Å²) >= 11 is 0. The molecular weight excluding hydrogens is 216 g/mol. The van der Waals surface area contributed by atoms with Crippen molar-refractivity contribution in [2.75, 3.05) is 33.4 Å². The molecule has 4 nitrogen and oxygen atoms in total. The quantitative estimate of drug-likeness (QED) is 0.800. The molecule has 0 saturated carbocycles. The number of carbonyl (C=O) groups is 1. The molecule has 0 aromatic heterocycles. The third kappa shape index (κ3) is 3.42. The van der Waals surface area contributed by atoms with Crippen LogP contribution in [0.5, 0.6) is 0 Å². The molecule has 2 heterocycles. The molecule has 0 radical (unpaired) electrons. The predicted octanol–water partition coefficient (Wildman–Crippen LogP) is 1.01. The van der Waals surface area contributed by atoms with Gasteiger partial charge in [0.25, 0.3) is 0 Å². The first-order valence-electron chi connectivity index (χ1n) is 6.82. The van der Waals surface area contributed by atoms with Crippen LogP contribution in [-0.4, -0.2) is 50.2 Å². The molecule has 0 aliphatic carbocycles. The largest absolute Gasteiger partial charge is 0.384 e. The maximum absolute atomic E-state index is 12.3. The monoisotopic (exact) mass is 240 g/mol. The van der Waals surface area contributed by atoms with Crippen molar-refractivity contribution >= 4 is 5.91 Å². The number of hydrogen-bond acceptors (Lipinski definition) is 3. The van der Waals surface area contributed by atoms with Crippen molar-refractivity contribution in [3.05, 3.63) is 0 Å². The number of piperidine rings is 2. The Kier molecular flexibility index (Phi) is 4.80. The molecule has 2 atom stereocenters. The first-order valence-corrected chi connectivity index (χ1v) is 6.82. The van der Waals surface area contributed by atoms with Crippen LogP contribution in [0, 0.1) is 5.92 Å². The number of hydrogen-bond donors (Lipinski definition) is 1. The number of rotatable bonds is 3. The molecule has 4 heteroatoms. The Labute approximate surface area is 104 Å². The van der Waals surface area contributed by atoms with Crippen molar-refractivity contribution in [3.8, 4) is 0 Å². The molecule has 0 spiro atoms. The standard InChI is InChI=1S/C13H24N2O2/c1-17-10-11-5-4-8-15(9-11)13(16)12-6-2-3-7-14-12/h11-12,14H,2-10H2,1H3/t11?,12-/m1/s1. The van der Waals surface area contributed by atoms with Crippen LogP contribution in [0.25, 0.3) is 0 Å². The summed E-state index contributed by atoms with van der Waals surface area (Å²) in [5.41, 5.74) is 0. The van der Waals surface area contributed by atoms with Crippen LogP contribution < -0.4 is 5.32 Å². The highest BCUT2D eigenvalue weighted by Gasteiger charge is 2.29. The molecule has 2 fully saturated rings. The van der Waals surface area contributed by atoms with E-state index >= 15 is 0 Å². The Morgan fingerprint density at radius 1 is 1.35 bits per heavy atom. The fourth-order valence-electron chi connectivity index (χ4n) is 2.92. The van der Waals surface area contributed by atoms with E-state index in [-0.39, 0.29) is 6.04 Å². The fourth-order valence-corrected chi connectivity index (χ4v) is 2.92. The molecule has 17 heavy (non-hydrogen) atoms. The predicted molar refractivity (Wildman–Crippen MR) is 66.8 cm³/mol. The van der Waals surface area contributed by atoms with Gasteiger partial charge in [0.05, 0.1) is 12.6 Å². The van der Waals surface area contributed by atoms with Gasteiger partial charge in [0, 0.05) is 20.2 Å². The number of ether oxygens (including phenoxy) is 1. The summed E-state index contributed by atoms with van der Waals surface area (Å²) in [5, 5.41) is 3.34. The Hall–Kier alpha value is -0.610. The van der Waals surface area contributed by atoms with E-state index in [1.807, 2.05) is 4.90 Å². The van der Waals surface area contributed by atoms with Gasteiger partial charge in [0.2, 0.25) is 5.91 Å². The third-order valence-electron chi connectivity index (χ3n) is 3.84. The summed E-state index contributed by atoms with van der Waals surface area (Å²) < 4.78 is 5.20. The van der Waals surface area contributed by atoms with Crippen molar-refractivity contribution in [1.82, 2.24) is 10.2 Å². The lowest BCUT2D eigenvalue weighted by atomic mass is 9.97. The molecule has 2 aliphatic heterocycles. The molecular formula is C13H24N2O2. The second-order valence-electron chi connectivity index (χ2n) is 5.25. The van der Waals surface area contributed by atoms with Gasteiger partial charge in [0.1, 0.15) is 0 Å². The normalized spacial score (nSPS) is 30.3. The van der Waals surface area contributed by atoms with Gasteiger partial charge in [-0.15, -0.1) is 0 Å². The summed E-state index contributed by atoms with van der Waals surface area (Å²) in [5.74, 6) is 0.840. The van der Waals surface area contributed by atoms with Crippen LogP contribution in [-0.2, 0) is 9.53 Å². The summed E-state index contributed by atoms with van der Waals surface area (Å²) in [6.45, 7) is 3.58. The summed E-state index contributed by atoms with van der Waals surface area (Å²) in [6.07, 6.45) is 5.70. The van der Waals surface area contributed by atoms with Gasteiger partial charge in [0.15, 0.2) is 0 Å². The second-order valence-corrected chi connectivity index (χ2v) is 5.25. The molecule has 98 valence electrons. The lowest BCUT2D eigenvalue weighted by Gasteiger charge is -2.35. The third-order valence-corrected chi connectivity index (χ3v) is 3.84. The highest BCUT2D eigenvalue weighted by atomic mass is 16.5. The Balaban J connectivity index is 1.85. The molecule has 0 bridgehead atoms. The van der Waals surface area contributed by atoms with Gasteiger partial charge in [-0.1, -0.05) is 6.42 Å². The summed E-state index contributed by atoms with van der Waals surface area (Å²) in [4.78, 5) is 14.4. The average Bonchev–Trinajstić information content (AvgIpc) is 2.40. The summed E-state index contributed by atoms with van der Waals surface area (Å²) in [7, 11) is 1.74. The van der Waals surface area contributed by atoms with Crippen LogP contribution in [0.15, 0.2) is 0 Å². The minimum atomic E-state index is 0.0741. The van der Waals surface area contributed by atoms with Crippen LogP contribution in [0.4, 0.5) is 0 Å². The summed E-state index contributed by atoms with van der Waals surface area (Å²) in [6, 6.07) is 0.0741. The molecule has 1 N–H and O–H groups in total. The molecule has 0 aromatic carbocycles. The van der Waals surface area contributed by atoms with Gasteiger partial charge in [-0.25, -0.2) is 0 Å². The lowest BCUT2D eigenvalue weighted by molar-refractivity contribution is -0.136. The number of amides is 1. The van der Waals surface area contributed by atoms with Gasteiger partial charge >= 0.3 is 0 Å². The Morgan fingerprint density at radius 2 is 2.24 bits per heavy atom. The van der Waals surface area contributed by atoms with Crippen molar-refractivity contribution in [3.63, 3.8) is 0 Å². The number of methoxy groups -OCH3 is 1. The van der Waals surface area contributed by atoms with Crippen LogP contribution in [0.1, 0.15) is 32.1 Å². The number of carbonyl (C=O) groups excluding carboxylic acids is 1. The van der Waals surface area contributed by atoms with Crippen LogP contribution >= 0.6 is 0 Å². The van der Waals surface area contributed by atoms with E-state index in [4.69, 9.17) is 4.74 Å². The molecule has 2 rings (SSSR count). The van der Waals surface area contributed by atoms with Crippen molar-refractivity contribution in [1.29, 1.82) is 0 Å². The molecule has 2 aliphatic rings. The first-order chi connectivity index (χ1) is 8.31. The van der Waals surface area contributed by atoms with Gasteiger partial charge in [-0.3, -0.25) is 4.79 Å². The van der Waals surface area contributed by atoms with E-state index < -0.39 is 0 Å².